The summed E-state index contributed by atoms with van der Waals surface area (Å²) < 4.78 is 0. The van der Waals surface area contributed by atoms with Crippen LogP contribution in [0.3, 0.4) is 0 Å². The lowest BCUT2D eigenvalue weighted by atomic mass is 9.85. The number of likely N-dealkylation sites (tertiary alicyclic amines) is 1. The van der Waals surface area contributed by atoms with Crippen molar-refractivity contribution in [3.63, 3.8) is 0 Å². The van der Waals surface area contributed by atoms with E-state index in [1.54, 1.807) is 10.3 Å². The number of anilines is 1. The molecule has 2 amide bonds. The molecule has 1 aliphatic heterocycles. The summed E-state index contributed by atoms with van der Waals surface area (Å²) in [6, 6.07) is 8.16. The van der Waals surface area contributed by atoms with Crippen LogP contribution in [0.5, 0.6) is 0 Å². The largest absolute Gasteiger partial charge is 0.389 e. The first-order valence-corrected chi connectivity index (χ1v) is 9.53. The molecule has 0 radical (unpaired) electrons. The molecule has 1 fully saturated rings. The molecule has 1 aliphatic rings. The van der Waals surface area contributed by atoms with E-state index in [4.69, 9.17) is 0 Å². The van der Waals surface area contributed by atoms with Crippen LogP contribution in [0.4, 0.5) is 5.13 Å². The van der Waals surface area contributed by atoms with Gasteiger partial charge in [-0.3, -0.25) is 9.59 Å². The van der Waals surface area contributed by atoms with Gasteiger partial charge in [-0.15, -0.1) is 11.3 Å². The molecule has 0 aliphatic carbocycles. The summed E-state index contributed by atoms with van der Waals surface area (Å²) in [7, 11) is 0. The van der Waals surface area contributed by atoms with Gasteiger partial charge in [0, 0.05) is 31.8 Å². The second-order valence-electron chi connectivity index (χ2n) is 6.90. The van der Waals surface area contributed by atoms with E-state index in [0.29, 0.717) is 43.2 Å². The van der Waals surface area contributed by atoms with E-state index >= 15 is 0 Å². The minimum absolute atomic E-state index is 0.157. The van der Waals surface area contributed by atoms with Gasteiger partial charge in [-0.2, -0.15) is 0 Å². The van der Waals surface area contributed by atoms with Gasteiger partial charge in [-0.1, -0.05) is 29.8 Å². The lowest BCUT2D eigenvalue weighted by Gasteiger charge is -2.38. The molecule has 1 saturated heterocycles. The Hall–Kier alpha value is -2.25. The Balaban J connectivity index is 1.59. The summed E-state index contributed by atoms with van der Waals surface area (Å²) in [4.78, 5) is 29.5. The number of carbonyl (C=O) groups excluding carboxylic acids is 2. The van der Waals surface area contributed by atoms with Crippen LogP contribution in [0.25, 0.3) is 0 Å². The Morgan fingerprint density at radius 2 is 2.08 bits per heavy atom. The Bertz CT molecular complexity index is 810. The highest BCUT2D eigenvalue weighted by molar-refractivity contribution is 7.14. The first kappa shape index (κ1) is 18.5. The number of carbonyl (C=O) groups is 2. The predicted molar refractivity (Wildman–Crippen MR) is 101 cm³/mol. The molecule has 26 heavy (non-hydrogen) atoms. The number of amides is 2. The predicted octanol–water partition coefficient (Wildman–Crippen LogP) is 2.62. The van der Waals surface area contributed by atoms with Crippen molar-refractivity contribution in [2.24, 2.45) is 0 Å². The third kappa shape index (κ3) is 4.47. The van der Waals surface area contributed by atoms with E-state index < -0.39 is 5.60 Å². The molecular formula is C19H23N3O3S. The number of benzene rings is 1. The van der Waals surface area contributed by atoms with Gasteiger partial charge < -0.3 is 15.3 Å². The van der Waals surface area contributed by atoms with Gasteiger partial charge in [0.2, 0.25) is 5.91 Å². The van der Waals surface area contributed by atoms with Crippen LogP contribution in [0, 0.1) is 6.92 Å². The maximum atomic E-state index is 12.6. The van der Waals surface area contributed by atoms with E-state index in [-0.39, 0.29) is 11.8 Å². The smallest absolute Gasteiger partial charge is 0.273 e. The van der Waals surface area contributed by atoms with Crippen LogP contribution in [-0.2, 0) is 11.2 Å². The van der Waals surface area contributed by atoms with Crippen LogP contribution in [0.15, 0.2) is 29.6 Å². The van der Waals surface area contributed by atoms with Crippen LogP contribution in [0.1, 0.15) is 41.4 Å². The second kappa shape index (κ2) is 7.55. The Morgan fingerprint density at radius 1 is 1.35 bits per heavy atom. The molecule has 2 heterocycles. The van der Waals surface area contributed by atoms with Gasteiger partial charge >= 0.3 is 0 Å². The zero-order valence-corrected chi connectivity index (χ0v) is 15.8. The van der Waals surface area contributed by atoms with Crippen molar-refractivity contribution in [2.45, 2.75) is 38.7 Å². The summed E-state index contributed by atoms with van der Waals surface area (Å²) in [5.74, 6) is -0.368. The van der Waals surface area contributed by atoms with Gasteiger partial charge in [-0.05, 0) is 25.3 Å². The highest BCUT2D eigenvalue weighted by atomic mass is 32.1. The Labute approximate surface area is 156 Å². The average Bonchev–Trinajstić information content (AvgIpc) is 3.02. The number of aromatic nitrogens is 1. The molecule has 1 aromatic heterocycles. The molecule has 6 nitrogen and oxygen atoms in total. The number of nitrogens with one attached hydrogen (secondary N) is 1. The number of hydrogen-bond acceptors (Lipinski definition) is 5. The molecule has 0 bridgehead atoms. The summed E-state index contributed by atoms with van der Waals surface area (Å²) >= 11 is 1.23. The number of nitrogens with zero attached hydrogens (tertiary/aromatic N) is 2. The van der Waals surface area contributed by atoms with E-state index in [2.05, 4.69) is 16.4 Å². The first-order valence-electron chi connectivity index (χ1n) is 8.65. The molecule has 2 aromatic rings. The van der Waals surface area contributed by atoms with Crippen molar-refractivity contribution in [1.82, 2.24) is 9.88 Å². The monoisotopic (exact) mass is 373 g/mol. The third-order valence-corrected chi connectivity index (χ3v) is 5.36. The zero-order valence-electron chi connectivity index (χ0n) is 15.0. The van der Waals surface area contributed by atoms with Crippen molar-refractivity contribution in [3.05, 3.63) is 46.5 Å². The maximum Gasteiger partial charge on any atom is 0.273 e. The Morgan fingerprint density at radius 3 is 2.73 bits per heavy atom. The fourth-order valence-corrected chi connectivity index (χ4v) is 3.98. The molecule has 7 heteroatoms. The number of aliphatic hydroxyl groups is 1. The molecule has 0 saturated carbocycles. The van der Waals surface area contributed by atoms with E-state index in [9.17, 15) is 14.7 Å². The first-order chi connectivity index (χ1) is 12.3. The van der Waals surface area contributed by atoms with Crippen molar-refractivity contribution in [3.8, 4) is 0 Å². The van der Waals surface area contributed by atoms with Gasteiger partial charge in [-0.25, -0.2) is 4.98 Å². The minimum atomic E-state index is -0.784. The summed E-state index contributed by atoms with van der Waals surface area (Å²) in [6.07, 6.45) is 1.67. The molecule has 138 valence electrons. The highest BCUT2D eigenvalue weighted by Crippen LogP contribution is 2.28. The standard InChI is InChI=1S/C19H23N3O3S/c1-13-4-3-5-15(10-13)11-19(25)6-8-22(9-7-19)17(24)16-12-26-18(21-16)20-14(2)23/h3-5,10,12,25H,6-9,11H2,1-2H3,(H,20,21,23). The van der Waals surface area contributed by atoms with Crippen molar-refractivity contribution < 1.29 is 14.7 Å². The lowest BCUT2D eigenvalue weighted by molar-refractivity contribution is -0.114. The maximum absolute atomic E-state index is 12.6. The van der Waals surface area contributed by atoms with Gasteiger partial charge in [0.25, 0.3) is 5.91 Å². The number of hydrogen-bond donors (Lipinski definition) is 2. The Kier molecular flexibility index (Phi) is 5.38. The zero-order chi connectivity index (χ0) is 18.7. The molecule has 1 aromatic carbocycles. The number of rotatable bonds is 4. The highest BCUT2D eigenvalue weighted by Gasteiger charge is 2.34. The van der Waals surface area contributed by atoms with E-state index in [1.807, 2.05) is 25.1 Å². The fraction of sp³-hybridized carbons (Fsp3) is 0.421. The van der Waals surface area contributed by atoms with Crippen molar-refractivity contribution in [2.75, 3.05) is 18.4 Å². The van der Waals surface area contributed by atoms with E-state index in [0.717, 1.165) is 5.56 Å². The number of aryl methyl sites for hydroxylation is 1. The molecule has 0 unspecified atom stereocenters. The average molecular weight is 373 g/mol. The van der Waals surface area contributed by atoms with Crippen LogP contribution >= 0.6 is 11.3 Å². The molecular weight excluding hydrogens is 350 g/mol. The normalized spacial score (nSPS) is 16.3. The third-order valence-electron chi connectivity index (χ3n) is 4.60. The topological polar surface area (TPSA) is 82.5 Å². The van der Waals surface area contributed by atoms with Crippen molar-refractivity contribution in [1.29, 1.82) is 0 Å². The second-order valence-corrected chi connectivity index (χ2v) is 7.76. The summed E-state index contributed by atoms with van der Waals surface area (Å²) in [5, 5.41) is 15.6. The molecule has 0 spiro atoms. The quantitative estimate of drug-likeness (QED) is 0.863. The van der Waals surface area contributed by atoms with Gasteiger partial charge in [0.15, 0.2) is 5.13 Å². The van der Waals surface area contributed by atoms with Crippen LogP contribution in [0.2, 0.25) is 0 Å². The fourth-order valence-electron chi connectivity index (χ4n) is 3.25. The van der Waals surface area contributed by atoms with Crippen LogP contribution in [-0.4, -0.2) is 45.5 Å². The summed E-state index contributed by atoms with van der Waals surface area (Å²) in [6.45, 7) is 4.43. The van der Waals surface area contributed by atoms with Crippen LogP contribution < -0.4 is 5.32 Å². The number of piperidine rings is 1. The SMILES string of the molecule is CC(=O)Nc1nc(C(=O)N2CCC(O)(Cc3cccc(C)c3)CC2)cs1. The van der Waals surface area contributed by atoms with Gasteiger partial charge in [0.1, 0.15) is 5.69 Å². The lowest BCUT2D eigenvalue weighted by Crippen LogP contribution is -2.47. The molecule has 0 atom stereocenters. The minimum Gasteiger partial charge on any atom is -0.389 e. The molecule has 3 rings (SSSR count). The van der Waals surface area contributed by atoms with Gasteiger partial charge in [0.05, 0.1) is 5.60 Å². The van der Waals surface area contributed by atoms with Crippen molar-refractivity contribution >= 4 is 28.3 Å². The van der Waals surface area contributed by atoms with E-state index in [1.165, 1.54) is 23.8 Å². The number of thiazole rings is 1. The molecule has 2 N–H and O–H groups in total. The summed E-state index contributed by atoms with van der Waals surface area (Å²) in [5.41, 5.74) is 1.85.